The first-order chi connectivity index (χ1) is 9.06. The average Bonchev–Trinajstić information content (AvgIpc) is 2.72. The predicted molar refractivity (Wildman–Crippen MR) is 74.1 cm³/mol. The van der Waals surface area contributed by atoms with Crippen molar-refractivity contribution in [3.8, 4) is 0 Å². The standard InChI is InChI=1S/C12H19N3O4S/c1-12(2)5-6-15(8-12)20(18,19)9-7-13(3)11(17)14(4)10(9)16/h7H,5-6,8H2,1-4H3. The predicted octanol–water partition coefficient (Wildman–Crippen LogP) is -0.495. The first kappa shape index (κ1) is 15.0. The van der Waals surface area contributed by atoms with Crippen LogP contribution in [0.1, 0.15) is 20.3 Å². The number of hydrogen-bond acceptors (Lipinski definition) is 4. The number of sulfonamides is 1. The van der Waals surface area contributed by atoms with E-state index in [1.165, 1.54) is 18.4 Å². The highest BCUT2D eigenvalue weighted by Gasteiger charge is 2.38. The topological polar surface area (TPSA) is 81.4 Å². The van der Waals surface area contributed by atoms with E-state index in [-0.39, 0.29) is 10.3 Å². The normalized spacial score (nSPS) is 19.4. The summed E-state index contributed by atoms with van der Waals surface area (Å²) in [7, 11) is -1.16. The highest BCUT2D eigenvalue weighted by Crippen LogP contribution is 2.31. The van der Waals surface area contributed by atoms with Crippen molar-refractivity contribution < 1.29 is 8.42 Å². The third kappa shape index (κ3) is 2.33. The fourth-order valence-corrected chi connectivity index (χ4v) is 4.14. The van der Waals surface area contributed by atoms with Crippen LogP contribution in [0.5, 0.6) is 0 Å². The van der Waals surface area contributed by atoms with E-state index >= 15 is 0 Å². The van der Waals surface area contributed by atoms with Gasteiger partial charge in [-0.1, -0.05) is 13.8 Å². The Hall–Kier alpha value is -1.41. The van der Waals surface area contributed by atoms with E-state index in [4.69, 9.17) is 0 Å². The SMILES string of the molecule is Cn1cc(S(=O)(=O)N2CCC(C)(C)C2)c(=O)n(C)c1=O. The molecule has 0 amide bonds. The molecule has 0 atom stereocenters. The minimum absolute atomic E-state index is 0.0982. The molecule has 7 nitrogen and oxygen atoms in total. The summed E-state index contributed by atoms with van der Waals surface area (Å²) in [6.07, 6.45) is 1.85. The van der Waals surface area contributed by atoms with Crippen molar-refractivity contribution in [3.05, 3.63) is 27.0 Å². The molecular formula is C12H19N3O4S. The molecule has 0 saturated carbocycles. The highest BCUT2D eigenvalue weighted by molar-refractivity contribution is 7.89. The smallest absolute Gasteiger partial charge is 0.302 e. The fraction of sp³-hybridized carbons (Fsp3) is 0.667. The second-order valence-electron chi connectivity index (χ2n) is 6.00. The zero-order valence-corrected chi connectivity index (χ0v) is 12.9. The van der Waals surface area contributed by atoms with Gasteiger partial charge in [-0.15, -0.1) is 0 Å². The first-order valence-electron chi connectivity index (χ1n) is 6.33. The van der Waals surface area contributed by atoms with Gasteiger partial charge in [0, 0.05) is 33.4 Å². The molecule has 2 rings (SSSR count). The maximum absolute atomic E-state index is 12.6. The van der Waals surface area contributed by atoms with Crippen molar-refractivity contribution in [2.24, 2.45) is 19.5 Å². The molecule has 1 aromatic rings. The van der Waals surface area contributed by atoms with Crippen molar-refractivity contribution in [2.75, 3.05) is 13.1 Å². The molecule has 0 N–H and O–H groups in total. The van der Waals surface area contributed by atoms with E-state index in [9.17, 15) is 18.0 Å². The molecule has 0 aliphatic carbocycles. The Morgan fingerprint density at radius 3 is 2.30 bits per heavy atom. The highest BCUT2D eigenvalue weighted by atomic mass is 32.2. The maximum atomic E-state index is 12.6. The molecule has 1 aromatic heterocycles. The number of aryl methyl sites for hydroxylation is 1. The van der Waals surface area contributed by atoms with Gasteiger partial charge in [0.25, 0.3) is 5.56 Å². The lowest BCUT2D eigenvalue weighted by Gasteiger charge is -2.19. The number of nitrogens with zero attached hydrogens (tertiary/aromatic N) is 3. The van der Waals surface area contributed by atoms with E-state index in [1.807, 2.05) is 13.8 Å². The van der Waals surface area contributed by atoms with Crippen LogP contribution in [0.2, 0.25) is 0 Å². The summed E-state index contributed by atoms with van der Waals surface area (Å²) < 4.78 is 28.3. The molecule has 0 unspecified atom stereocenters. The lowest BCUT2D eigenvalue weighted by Crippen LogP contribution is -2.42. The molecule has 1 aliphatic heterocycles. The summed E-state index contributed by atoms with van der Waals surface area (Å²) in [5.74, 6) is 0. The molecule has 112 valence electrons. The summed E-state index contributed by atoms with van der Waals surface area (Å²) >= 11 is 0. The summed E-state index contributed by atoms with van der Waals surface area (Å²) in [5, 5.41) is 0. The quantitative estimate of drug-likeness (QED) is 0.738. The van der Waals surface area contributed by atoms with Gasteiger partial charge in [-0.05, 0) is 11.8 Å². The van der Waals surface area contributed by atoms with Crippen molar-refractivity contribution in [2.45, 2.75) is 25.2 Å². The van der Waals surface area contributed by atoms with Crippen molar-refractivity contribution >= 4 is 10.0 Å². The molecular weight excluding hydrogens is 282 g/mol. The summed E-state index contributed by atoms with van der Waals surface area (Å²) in [4.78, 5) is 23.3. The third-order valence-electron chi connectivity index (χ3n) is 3.68. The summed E-state index contributed by atoms with van der Waals surface area (Å²) in [5.41, 5.74) is -1.42. The Balaban J connectivity index is 2.57. The number of aromatic nitrogens is 2. The lowest BCUT2D eigenvalue weighted by atomic mass is 9.93. The van der Waals surface area contributed by atoms with Crippen molar-refractivity contribution in [3.63, 3.8) is 0 Å². The van der Waals surface area contributed by atoms with Crippen LogP contribution in [-0.2, 0) is 24.1 Å². The van der Waals surface area contributed by atoms with Crippen LogP contribution in [0.25, 0.3) is 0 Å². The van der Waals surface area contributed by atoms with Crippen LogP contribution >= 0.6 is 0 Å². The Kier molecular flexibility index (Phi) is 3.42. The van der Waals surface area contributed by atoms with Crippen LogP contribution in [-0.4, -0.2) is 34.9 Å². The Morgan fingerprint density at radius 2 is 1.80 bits per heavy atom. The average molecular weight is 301 g/mol. The van der Waals surface area contributed by atoms with Gasteiger partial charge in [-0.25, -0.2) is 13.2 Å². The third-order valence-corrected chi connectivity index (χ3v) is 5.50. The molecule has 1 aliphatic rings. The van der Waals surface area contributed by atoms with Crippen molar-refractivity contribution in [1.29, 1.82) is 0 Å². The van der Waals surface area contributed by atoms with Gasteiger partial charge < -0.3 is 4.57 Å². The maximum Gasteiger partial charge on any atom is 0.330 e. The molecule has 0 spiro atoms. The largest absolute Gasteiger partial charge is 0.330 e. The van der Waals surface area contributed by atoms with Gasteiger partial charge in [-0.3, -0.25) is 9.36 Å². The Bertz CT molecular complexity index is 758. The molecule has 8 heteroatoms. The first-order valence-corrected chi connectivity index (χ1v) is 7.77. The number of hydrogen-bond donors (Lipinski definition) is 0. The second kappa shape index (κ2) is 4.56. The van der Waals surface area contributed by atoms with Gasteiger partial charge in [0.2, 0.25) is 10.0 Å². The van der Waals surface area contributed by atoms with Crippen LogP contribution in [0.3, 0.4) is 0 Å². The van der Waals surface area contributed by atoms with E-state index in [0.29, 0.717) is 13.1 Å². The van der Waals surface area contributed by atoms with Gasteiger partial charge in [0.1, 0.15) is 0 Å². The fourth-order valence-electron chi connectivity index (χ4n) is 2.36. The van der Waals surface area contributed by atoms with Crippen LogP contribution < -0.4 is 11.2 Å². The van der Waals surface area contributed by atoms with Crippen molar-refractivity contribution in [1.82, 2.24) is 13.4 Å². The summed E-state index contributed by atoms with van der Waals surface area (Å²) in [6.45, 7) is 4.74. The lowest BCUT2D eigenvalue weighted by molar-refractivity contribution is 0.375. The van der Waals surface area contributed by atoms with Gasteiger partial charge in [0.05, 0.1) is 0 Å². The minimum atomic E-state index is -3.86. The van der Waals surface area contributed by atoms with Crippen LogP contribution in [0.4, 0.5) is 0 Å². The van der Waals surface area contributed by atoms with Gasteiger partial charge in [0.15, 0.2) is 4.90 Å². The van der Waals surface area contributed by atoms with E-state index in [2.05, 4.69) is 0 Å². The monoisotopic (exact) mass is 301 g/mol. The minimum Gasteiger partial charge on any atom is -0.302 e. The van der Waals surface area contributed by atoms with Gasteiger partial charge in [-0.2, -0.15) is 4.31 Å². The zero-order chi connectivity index (χ0) is 15.3. The molecule has 1 fully saturated rings. The molecule has 0 radical (unpaired) electrons. The summed E-state index contributed by atoms with van der Waals surface area (Å²) in [6, 6.07) is 0. The van der Waals surface area contributed by atoms with Crippen LogP contribution in [0.15, 0.2) is 20.7 Å². The van der Waals surface area contributed by atoms with E-state index in [0.717, 1.165) is 21.8 Å². The molecule has 1 saturated heterocycles. The molecule has 2 heterocycles. The molecule has 0 aromatic carbocycles. The van der Waals surface area contributed by atoms with Gasteiger partial charge >= 0.3 is 5.69 Å². The zero-order valence-electron chi connectivity index (χ0n) is 12.1. The van der Waals surface area contributed by atoms with E-state index in [1.54, 1.807) is 0 Å². The van der Waals surface area contributed by atoms with Crippen LogP contribution in [0, 0.1) is 5.41 Å². The second-order valence-corrected chi connectivity index (χ2v) is 7.91. The Morgan fingerprint density at radius 1 is 1.20 bits per heavy atom. The molecule has 0 bridgehead atoms. The number of rotatable bonds is 2. The molecule has 20 heavy (non-hydrogen) atoms. The van der Waals surface area contributed by atoms with E-state index < -0.39 is 21.3 Å². The Labute approximate surface area is 117 Å².